The minimum absolute atomic E-state index is 0.0711. The van der Waals surface area contributed by atoms with E-state index >= 15 is 0 Å². The van der Waals surface area contributed by atoms with Crippen LogP contribution in [0.1, 0.15) is 12.5 Å². The molecular formula is C22H19N3O3S2. The van der Waals surface area contributed by atoms with Gasteiger partial charge >= 0.3 is 0 Å². The zero-order valence-corrected chi connectivity index (χ0v) is 18.0. The summed E-state index contributed by atoms with van der Waals surface area (Å²) < 4.78 is 5.42. The predicted molar refractivity (Wildman–Crippen MR) is 122 cm³/mol. The fraction of sp³-hybridized carbons (Fsp3) is 0.136. The van der Waals surface area contributed by atoms with Crippen LogP contribution < -0.4 is 4.74 Å². The summed E-state index contributed by atoms with van der Waals surface area (Å²) in [5, 5.41) is 13.0. The van der Waals surface area contributed by atoms with E-state index < -0.39 is 0 Å². The Morgan fingerprint density at radius 2 is 2.03 bits per heavy atom. The van der Waals surface area contributed by atoms with Gasteiger partial charge in [-0.25, -0.2) is 4.98 Å². The van der Waals surface area contributed by atoms with Crippen molar-refractivity contribution in [1.29, 1.82) is 0 Å². The average molecular weight is 438 g/mol. The molecule has 1 saturated heterocycles. The molecule has 1 aromatic heterocycles. The van der Waals surface area contributed by atoms with Crippen LogP contribution in [-0.2, 0) is 4.79 Å². The Balaban J connectivity index is 1.58. The number of carbonyl (C=O) groups excluding carboxylic acids is 1. The summed E-state index contributed by atoms with van der Waals surface area (Å²) in [6.07, 6.45) is 1.77. The summed E-state index contributed by atoms with van der Waals surface area (Å²) in [6, 6.07) is 14.9. The first-order valence-electron chi connectivity index (χ1n) is 9.28. The molecule has 0 aliphatic carbocycles. The average Bonchev–Trinajstić information content (AvgIpc) is 3.32. The molecule has 1 fully saturated rings. The largest absolute Gasteiger partial charge is 0.504 e. The van der Waals surface area contributed by atoms with Crippen molar-refractivity contribution >= 4 is 45.4 Å². The zero-order chi connectivity index (χ0) is 21.1. The third-order valence-corrected chi connectivity index (χ3v) is 6.13. The van der Waals surface area contributed by atoms with E-state index in [-0.39, 0.29) is 11.7 Å². The second kappa shape index (κ2) is 8.73. The van der Waals surface area contributed by atoms with E-state index in [2.05, 4.69) is 9.98 Å². The van der Waals surface area contributed by atoms with Crippen molar-refractivity contribution in [2.75, 3.05) is 13.7 Å². The number of hydrogen-bond acceptors (Lipinski definition) is 7. The number of amides is 1. The monoisotopic (exact) mass is 437 g/mol. The van der Waals surface area contributed by atoms with E-state index in [0.717, 1.165) is 16.8 Å². The Morgan fingerprint density at radius 3 is 2.80 bits per heavy atom. The van der Waals surface area contributed by atoms with Gasteiger partial charge in [-0.05, 0) is 42.5 Å². The van der Waals surface area contributed by atoms with Crippen molar-refractivity contribution in [3.8, 4) is 22.8 Å². The van der Waals surface area contributed by atoms with Gasteiger partial charge in [0, 0.05) is 18.0 Å². The van der Waals surface area contributed by atoms with Gasteiger partial charge < -0.3 is 9.84 Å². The van der Waals surface area contributed by atoms with Gasteiger partial charge in [-0.2, -0.15) is 4.99 Å². The lowest BCUT2D eigenvalue weighted by molar-refractivity contribution is -0.121. The molecule has 3 aromatic rings. The molecule has 30 heavy (non-hydrogen) atoms. The van der Waals surface area contributed by atoms with E-state index in [0.29, 0.717) is 27.6 Å². The summed E-state index contributed by atoms with van der Waals surface area (Å²) in [4.78, 5) is 23.9. The summed E-state index contributed by atoms with van der Waals surface area (Å²) in [7, 11) is 1.70. The number of benzene rings is 2. The predicted octanol–water partition coefficient (Wildman–Crippen LogP) is 5.15. The molecule has 1 aliphatic heterocycles. The molecule has 1 amide bonds. The van der Waals surface area contributed by atoms with Crippen LogP contribution in [0.5, 0.6) is 11.5 Å². The number of phenols is 1. The molecule has 1 N–H and O–H groups in total. The molecule has 6 nitrogen and oxygen atoms in total. The van der Waals surface area contributed by atoms with Crippen LogP contribution in [-0.4, -0.2) is 39.7 Å². The number of nitrogens with zero attached hydrogens (tertiary/aromatic N) is 3. The highest BCUT2D eigenvalue weighted by Crippen LogP contribution is 2.36. The van der Waals surface area contributed by atoms with Gasteiger partial charge in [0.1, 0.15) is 0 Å². The number of amidine groups is 1. The maximum atomic E-state index is 12.7. The van der Waals surface area contributed by atoms with Gasteiger partial charge in [0.15, 0.2) is 16.7 Å². The maximum absolute atomic E-state index is 12.7. The second-order valence-corrected chi connectivity index (χ2v) is 8.26. The minimum Gasteiger partial charge on any atom is -0.504 e. The lowest BCUT2D eigenvalue weighted by Gasteiger charge is -2.07. The quantitative estimate of drug-likeness (QED) is 0.559. The van der Waals surface area contributed by atoms with Crippen LogP contribution in [0.4, 0.5) is 5.13 Å². The maximum Gasteiger partial charge on any atom is 0.266 e. The van der Waals surface area contributed by atoms with E-state index in [1.165, 1.54) is 28.0 Å². The fourth-order valence-electron chi connectivity index (χ4n) is 2.83. The van der Waals surface area contributed by atoms with E-state index in [9.17, 15) is 9.90 Å². The van der Waals surface area contributed by atoms with Crippen molar-refractivity contribution in [2.24, 2.45) is 4.99 Å². The Hall–Kier alpha value is -3.10. The van der Waals surface area contributed by atoms with Gasteiger partial charge in [0.25, 0.3) is 5.91 Å². The normalized spacial score (nSPS) is 16.6. The number of phenolic OH excluding ortho intramolecular Hbond substituents is 1. The van der Waals surface area contributed by atoms with Crippen molar-refractivity contribution in [3.63, 3.8) is 0 Å². The topological polar surface area (TPSA) is 75.0 Å². The van der Waals surface area contributed by atoms with Gasteiger partial charge in [0.2, 0.25) is 5.13 Å². The molecule has 0 unspecified atom stereocenters. The zero-order valence-electron chi connectivity index (χ0n) is 16.4. The molecule has 2 aromatic carbocycles. The van der Waals surface area contributed by atoms with E-state index in [1.807, 2.05) is 42.6 Å². The Bertz CT molecular complexity index is 1140. The number of carbonyl (C=O) groups is 1. The number of aromatic hydroxyl groups is 1. The summed E-state index contributed by atoms with van der Waals surface area (Å²) in [5.74, 6) is 0.326. The molecule has 0 spiro atoms. The molecule has 8 heteroatoms. The number of thiazole rings is 1. The number of likely N-dealkylation sites (N-methyl/N-ethyl adjacent to an activating group) is 1. The lowest BCUT2D eigenvalue weighted by atomic mass is 10.2. The van der Waals surface area contributed by atoms with E-state index in [4.69, 9.17) is 4.74 Å². The molecule has 0 atom stereocenters. The number of rotatable bonds is 5. The highest BCUT2D eigenvalue weighted by molar-refractivity contribution is 8.18. The first-order chi connectivity index (χ1) is 14.5. The van der Waals surface area contributed by atoms with Crippen molar-refractivity contribution in [2.45, 2.75) is 6.92 Å². The molecule has 0 saturated carbocycles. The molecule has 0 radical (unpaired) electrons. The van der Waals surface area contributed by atoms with Gasteiger partial charge in [-0.15, -0.1) is 11.3 Å². The van der Waals surface area contributed by atoms with Gasteiger partial charge in [-0.3, -0.25) is 9.69 Å². The van der Waals surface area contributed by atoms with Crippen LogP contribution in [0, 0.1) is 0 Å². The van der Waals surface area contributed by atoms with Gasteiger partial charge in [-0.1, -0.05) is 36.4 Å². The third-order valence-electron chi connectivity index (χ3n) is 4.34. The molecule has 1 aliphatic rings. The molecule has 0 bridgehead atoms. The third kappa shape index (κ3) is 4.24. The SMILES string of the molecule is CCOc1cc(/C=C2\S/C(=N/c3nc(-c4ccccc4)cs3)N(C)C2=O)ccc1O. The fourth-order valence-corrected chi connectivity index (χ4v) is 4.56. The van der Waals surface area contributed by atoms with Crippen LogP contribution >= 0.6 is 23.1 Å². The van der Waals surface area contributed by atoms with Crippen molar-refractivity contribution in [1.82, 2.24) is 9.88 Å². The highest BCUT2D eigenvalue weighted by atomic mass is 32.2. The van der Waals surface area contributed by atoms with Crippen LogP contribution in [0.3, 0.4) is 0 Å². The number of ether oxygens (including phenoxy) is 1. The number of aliphatic imine (C=N–C) groups is 1. The molecule has 2 heterocycles. The number of thioether (sulfide) groups is 1. The standard InChI is InChI=1S/C22H19N3O3S2/c1-3-28-18-11-14(9-10-17(18)26)12-19-20(27)25(2)22(30-19)24-21-23-16(13-29-21)15-7-5-4-6-8-15/h4-13,26H,3H2,1-2H3/b19-12-,24-22+. The first kappa shape index (κ1) is 20.2. The van der Waals surface area contributed by atoms with E-state index in [1.54, 1.807) is 31.3 Å². The summed E-state index contributed by atoms with van der Waals surface area (Å²) in [5.41, 5.74) is 2.66. The molecular weight excluding hydrogens is 418 g/mol. The van der Waals surface area contributed by atoms with Crippen molar-refractivity contribution in [3.05, 3.63) is 64.4 Å². The van der Waals surface area contributed by atoms with Crippen LogP contribution in [0.2, 0.25) is 0 Å². The number of aromatic nitrogens is 1. The van der Waals surface area contributed by atoms with Gasteiger partial charge in [0.05, 0.1) is 17.2 Å². The second-order valence-electron chi connectivity index (χ2n) is 6.41. The minimum atomic E-state index is -0.135. The first-order valence-corrected chi connectivity index (χ1v) is 11.0. The Labute approximate surface area is 182 Å². The molecule has 152 valence electrons. The smallest absolute Gasteiger partial charge is 0.266 e. The highest BCUT2D eigenvalue weighted by Gasteiger charge is 2.30. The Morgan fingerprint density at radius 1 is 1.23 bits per heavy atom. The summed E-state index contributed by atoms with van der Waals surface area (Å²) in [6.45, 7) is 2.29. The Kier molecular flexibility index (Phi) is 5.87. The lowest BCUT2D eigenvalue weighted by Crippen LogP contribution is -2.23. The van der Waals surface area contributed by atoms with Crippen molar-refractivity contribution < 1.29 is 14.6 Å². The summed E-state index contributed by atoms with van der Waals surface area (Å²) >= 11 is 2.73. The van der Waals surface area contributed by atoms with Crippen LogP contribution in [0.25, 0.3) is 17.3 Å². The van der Waals surface area contributed by atoms with Crippen LogP contribution in [0.15, 0.2) is 63.8 Å². The number of hydrogen-bond donors (Lipinski definition) is 1. The molecule has 4 rings (SSSR count).